The third-order valence-electron chi connectivity index (χ3n) is 2.35. The largest absolute Gasteiger partial charge is 0.451 e. The lowest BCUT2D eigenvalue weighted by Gasteiger charge is -2.07. The van der Waals surface area contributed by atoms with E-state index in [0.29, 0.717) is 11.4 Å². The minimum Gasteiger partial charge on any atom is -0.451 e. The molecular weight excluding hydrogens is 439 g/mol. The second-order valence-electron chi connectivity index (χ2n) is 3.84. The van der Waals surface area contributed by atoms with Crippen molar-refractivity contribution >= 4 is 56.1 Å². The first-order valence-corrected chi connectivity index (χ1v) is 7.49. The van der Waals surface area contributed by atoms with Gasteiger partial charge in [-0.15, -0.1) is 0 Å². The fourth-order valence-corrected chi connectivity index (χ4v) is 2.31. The molecule has 104 valence electrons. The summed E-state index contributed by atoms with van der Waals surface area (Å²) in [6.07, 6.45) is 1.61. The van der Waals surface area contributed by atoms with E-state index in [4.69, 9.17) is 4.74 Å². The van der Waals surface area contributed by atoms with Crippen LogP contribution in [0.3, 0.4) is 0 Å². The van der Waals surface area contributed by atoms with Gasteiger partial charge in [0, 0.05) is 14.2 Å². The molecule has 2 aromatic rings. The average Bonchev–Trinajstić information content (AvgIpc) is 2.85. The van der Waals surface area contributed by atoms with Crippen LogP contribution in [0.2, 0.25) is 0 Å². The molecule has 0 aliphatic carbocycles. The SMILES string of the molecule is O=C(COC(=O)c1cc(Br)c[nH]1)Nc1ccccc1I. The molecule has 0 bridgehead atoms. The van der Waals surface area contributed by atoms with Gasteiger partial charge >= 0.3 is 5.97 Å². The molecule has 0 spiro atoms. The first-order chi connectivity index (χ1) is 9.56. The predicted molar refractivity (Wildman–Crippen MR) is 86.6 cm³/mol. The van der Waals surface area contributed by atoms with Crippen LogP contribution in [0.4, 0.5) is 5.69 Å². The lowest BCUT2D eigenvalue weighted by molar-refractivity contribution is -0.119. The topological polar surface area (TPSA) is 71.2 Å². The van der Waals surface area contributed by atoms with Gasteiger partial charge in [-0.05, 0) is 56.7 Å². The lowest BCUT2D eigenvalue weighted by Crippen LogP contribution is -2.21. The zero-order valence-corrected chi connectivity index (χ0v) is 13.9. The fourth-order valence-electron chi connectivity index (χ4n) is 1.44. The predicted octanol–water partition coefficient (Wildman–Crippen LogP) is 3.18. The van der Waals surface area contributed by atoms with Gasteiger partial charge in [0.25, 0.3) is 5.91 Å². The van der Waals surface area contributed by atoms with E-state index in [0.717, 1.165) is 8.04 Å². The number of amides is 1. The summed E-state index contributed by atoms with van der Waals surface area (Å²) in [5.74, 6) is -0.957. The quantitative estimate of drug-likeness (QED) is 0.557. The van der Waals surface area contributed by atoms with Crippen molar-refractivity contribution in [3.05, 3.63) is 50.3 Å². The van der Waals surface area contributed by atoms with Crippen LogP contribution in [0.15, 0.2) is 41.0 Å². The molecule has 2 N–H and O–H groups in total. The number of nitrogens with one attached hydrogen (secondary N) is 2. The van der Waals surface area contributed by atoms with Crippen LogP contribution < -0.4 is 5.32 Å². The maximum Gasteiger partial charge on any atom is 0.355 e. The number of aromatic nitrogens is 1. The molecule has 0 unspecified atom stereocenters. The van der Waals surface area contributed by atoms with E-state index in [2.05, 4.69) is 48.8 Å². The molecule has 0 saturated heterocycles. The van der Waals surface area contributed by atoms with E-state index in [1.54, 1.807) is 18.3 Å². The smallest absolute Gasteiger partial charge is 0.355 e. The molecule has 1 aromatic heterocycles. The monoisotopic (exact) mass is 448 g/mol. The van der Waals surface area contributed by atoms with Crippen LogP contribution in [-0.2, 0) is 9.53 Å². The molecule has 7 heteroatoms. The van der Waals surface area contributed by atoms with Gasteiger partial charge in [-0.2, -0.15) is 0 Å². The minimum absolute atomic E-state index is 0.291. The Hall–Kier alpha value is -1.35. The summed E-state index contributed by atoms with van der Waals surface area (Å²) in [7, 11) is 0. The second-order valence-corrected chi connectivity index (χ2v) is 5.91. The highest BCUT2D eigenvalue weighted by Gasteiger charge is 2.12. The van der Waals surface area contributed by atoms with E-state index in [-0.39, 0.29) is 12.5 Å². The van der Waals surface area contributed by atoms with E-state index >= 15 is 0 Å². The Kier molecular flexibility index (Phi) is 5.18. The molecule has 0 atom stereocenters. The summed E-state index contributed by atoms with van der Waals surface area (Å²) >= 11 is 5.33. The normalized spacial score (nSPS) is 10.1. The molecular formula is C13H10BrIN2O3. The van der Waals surface area contributed by atoms with Crippen molar-refractivity contribution in [2.75, 3.05) is 11.9 Å². The number of aromatic amines is 1. The molecule has 20 heavy (non-hydrogen) atoms. The second kappa shape index (κ2) is 6.89. The molecule has 0 aliphatic rings. The van der Waals surface area contributed by atoms with Gasteiger partial charge in [-0.1, -0.05) is 12.1 Å². The van der Waals surface area contributed by atoms with Gasteiger partial charge in [0.15, 0.2) is 6.61 Å². The highest BCUT2D eigenvalue weighted by atomic mass is 127. The number of anilines is 1. The van der Waals surface area contributed by atoms with Crippen LogP contribution >= 0.6 is 38.5 Å². The summed E-state index contributed by atoms with van der Waals surface area (Å²) in [4.78, 5) is 26.1. The Morgan fingerprint density at radius 1 is 1.35 bits per heavy atom. The highest BCUT2D eigenvalue weighted by molar-refractivity contribution is 14.1. The van der Waals surface area contributed by atoms with Gasteiger partial charge in [0.2, 0.25) is 0 Å². The first kappa shape index (κ1) is 15.0. The maximum absolute atomic E-state index is 11.7. The van der Waals surface area contributed by atoms with Gasteiger partial charge in [0.05, 0.1) is 5.69 Å². The van der Waals surface area contributed by atoms with Crippen molar-refractivity contribution in [2.45, 2.75) is 0 Å². The molecule has 0 saturated carbocycles. The summed E-state index contributed by atoms with van der Waals surface area (Å²) in [5.41, 5.74) is 0.982. The number of carbonyl (C=O) groups is 2. The Morgan fingerprint density at radius 3 is 2.75 bits per heavy atom. The van der Waals surface area contributed by atoms with Crippen molar-refractivity contribution in [2.24, 2.45) is 0 Å². The summed E-state index contributed by atoms with van der Waals surface area (Å²) in [6.45, 7) is -0.333. The number of para-hydroxylation sites is 1. The van der Waals surface area contributed by atoms with Crippen LogP contribution in [-0.4, -0.2) is 23.5 Å². The third kappa shape index (κ3) is 4.07. The maximum atomic E-state index is 11.7. The van der Waals surface area contributed by atoms with Gasteiger partial charge in [-0.25, -0.2) is 4.79 Å². The van der Waals surface area contributed by atoms with E-state index in [1.807, 2.05) is 18.2 Å². The third-order valence-corrected chi connectivity index (χ3v) is 3.75. The average molecular weight is 449 g/mol. The Bertz CT molecular complexity index is 642. The van der Waals surface area contributed by atoms with Gasteiger partial charge < -0.3 is 15.0 Å². The van der Waals surface area contributed by atoms with Crippen molar-refractivity contribution in [1.29, 1.82) is 0 Å². The lowest BCUT2D eigenvalue weighted by atomic mass is 10.3. The number of H-pyrrole nitrogens is 1. The Balaban J connectivity index is 1.87. The van der Waals surface area contributed by atoms with Crippen LogP contribution in [0.1, 0.15) is 10.5 Å². The number of ether oxygens (including phenoxy) is 1. The molecule has 1 aromatic carbocycles. The number of carbonyl (C=O) groups excluding carboxylic acids is 2. The summed E-state index contributed by atoms with van der Waals surface area (Å²) in [6, 6.07) is 8.93. The molecule has 0 radical (unpaired) electrons. The summed E-state index contributed by atoms with van der Waals surface area (Å²) < 4.78 is 6.57. The standard InChI is InChI=1S/C13H10BrIN2O3/c14-8-5-11(16-6-8)13(19)20-7-12(18)17-10-4-2-1-3-9(10)15/h1-6,16H,7H2,(H,17,18). The van der Waals surface area contributed by atoms with Crippen molar-refractivity contribution in [1.82, 2.24) is 4.98 Å². The van der Waals surface area contributed by atoms with E-state index < -0.39 is 5.97 Å². The minimum atomic E-state index is -0.575. The van der Waals surface area contributed by atoms with Crippen LogP contribution in [0.25, 0.3) is 0 Å². The number of hydrogen-bond donors (Lipinski definition) is 2. The van der Waals surface area contributed by atoms with Crippen molar-refractivity contribution < 1.29 is 14.3 Å². The van der Waals surface area contributed by atoms with Gasteiger partial charge in [-0.3, -0.25) is 4.79 Å². The Morgan fingerprint density at radius 2 is 2.10 bits per heavy atom. The zero-order chi connectivity index (χ0) is 14.5. The molecule has 1 heterocycles. The molecule has 0 fully saturated rings. The number of hydrogen-bond acceptors (Lipinski definition) is 3. The highest BCUT2D eigenvalue weighted by Crippen LogP contribution is 2.16. The molecule has 0 aliphatic heterocycles. The first-order valence-electron chi connectivity index (χ1n) is 5.61. The zero-order valence-electron chi connectivity index (χ0n) is 10.2. The van der Waals surface area contributed by atoms with Crippen LogP contribution in [0, 0.1) is 3.57 Å². The molecule has 1 amide bonds. The Labute approximate surface area is 137 Å². The molecule has 5 nitrogen and oxygen atoms in total. The van der Waals surface area contributed by atoms with Crippen LogP contribution in [0.5, 0.6) is 0 Å². The van der Waals surface area contributed by atoms with Gasteiger partial charge in [0.1, 0.15) is 5.69 Å². The number of benzene rings is 1. The number of esters is 1. The van der Waals surface area contributed by atoms with Crippen molar-refractivity contribution in [3.8, 4) is 0 Å². The number of halogens is 2. The van der Waals surface area contributed by atoms with E-state index in [9.17, 15) is 9.59 Å². The fraction of sp³-hybridized carbons (Fsp3) is 0.0769. The van der Waals surface area contributed by atoms with Crippen molar-refractivity contribution in [3.63, 3.8) is 0 Å². The molecule has 2 rings (SSSR count). The van der Waals surface area contributed by atoms with E-state index in [1.165, 1.54) is 0 Å². The summed E-state index contributed by atoms with van der Waals surface area (Å²) in [5, 5.41) is 2.68. The number of rotatable bonds is 4.